The Kier molecular flexibility index (Phi) is 3.03. The molecule has 0 aromatic rings. The van der Waals surface area contributed by atoms with Crippen LogP contribution < -0.4 is 0 Å². The van der Waals surface area contributed by atoms with Crippen LogP contribution in [0.25, 0.3) is 0 Å². The number of carbonyl (C=O) groups excluding carboxylic acids is 1. The number of amides is 2. The molecule has 0 fully saturated rings. The van der Waals surface area contributed by atoms with E-state index >= 15 is 0 Å². The molecule has 0 aromatic heterocycles. The molecule has 0 saturated carbocycles. The first-order valence-corrected chi connectivity index (χ1v) is 2.70. The first-order chi connectivity index (χ1) is 5.00. The minimum Gasteiger partial charge on any atom is -0.480 e. The van der Waals surface area contributed by atoms with E-state index in [-0.39, 0.29) is 11.3 Å². The molecule has 6 nitrogen and oxygen atoms in total. The highest BCUT2D eigenvalue weighted by Crippen LogP contribution is 1.95. The van der Waals surface area contributed by atoms with Crippen molar-refractivity contribution in [3.05, 3.63) is 0 Å². The van der Waals surface area contributed by atoms with Gasteiger partial charge in [0.15, 0.2) is 0 Å². The van der Waals surface area contributed by atoms with Crippen molar-refractivity contribution in [1.29, 1.82) is 0 Å². The molecule has 0 saturated heterocycles. The quantitative estimate of drug-likeness (QED) is 0.549. The van der Waals surface area contributed by atoms with Gasteiger partial charge in [0.1, 0.15) is 6.04 Å². The summed E-state index contributed by atoms with van der Waals surface area (Å²) in [4.78, 5) is 30.4. The average molecular weight is 161 g/mol. The summed E-state index contributed by atoms with van der Waals surface area (Å²) in [6.07, 6.45) is -1.61. The highest BCUT2D eigenvalue weighted by molar-refractivity contribution is 5.86. The maximum Gasteiger partial charge on any atom is 0.414 e. The average Bonchev–Trinajstić information content (AvgIpc) is 1.88. The number of hydrogen-bond donors (Lipinski definition) is 2. The molecule has 0 bridgehead atoms. The zero-order chi connectivity index (χ0) is 9.02. The highest BCUT2D eigenvalue weighted by atomic mass is 16.4. The maximum atomic E-state index is 10.1. The molecule has 0 aromatic carbocycles. The molecule has 2 amide bonds. The van der Waals surface area contributed by atoms with Gasteiger partial charge in [-0.15, -0.1) is 0 Å². The van der Waals surface area contributed by atoms with Gasteiger partial charge in [0.25, 0.3) is 0 Å². The minimum atomic E-state index is -1.57. The van der Waals surface area contributed by atoms with E-state index in [2.05, 4.69) is 0 Å². The van der Waals surface area contributed by atoms with Crippen molar-refractivity contribution in [2.75, 3.05) is 0 Å². The first-order valence-electron chi connectivity index (χ1n) is 2.70. The lowest BCUT2D eigenvalue weighted by molar-refractivity contribution is -0.144. The van der Waals surface area contributed by atoms with E-state index in [9.17, 15) is 14.4 Å². The molecule has 0 spiro atoms. The van der Waals surface area contributed by atoms with Crippen molar-refractivity contribution < 1.29 is 24.6 Å². The van der Waals surface area contributed by atoms with Crippen LogP contribution in [0.3, 0.4) is 0 Å². The van der Waals surface area contributed by atoms with Crippen molar-refractivity contribution >= 4 is 18.5 Å². The Bertz CT molecular complexity index is 189. The Hall–Kier alpha value is -1.59. The molecule has 11 heavy (non-hydrogen) atoms. The smallest absolute Gasteiger partial charge is 0.414 e. The van der Waals surface area contributed by atoms with E-state index in [1.165, 1.54) is 0 Å². The Labute approximate surface area is 62.0 Å². The molecule has 0 aliphatic carbocycles. The van der Waals surface area contributed by atoms with Gasteiger partial charge in [0, 0.05) is 0 Å². The summed E-state index contributed by atoms with van der Waals surface area (Å²) in [5.41, 5.74) is 0. The summed E-state index contributed by atoms with van der Waals surface area (Å²) >= 11 is 0. The largest absolute Gasteiger partial charge is 0.480 e. The van der Waals surface area contributed by atoms with Crippen LogP contribution in [-0.4, -0.2) is 39.6 Å². The van der Waals surface area contributed by atoms with Crippen LogP contribution in [0, 0.1) is 0 Å². The van der Waals surface area contributed by atoms with Crippen molar-refractivity contribution in [3.8, 4) is 0 Å². The van der Waals surface area contributed by atoms with Crippen LogP contribution in [0.1, 0.15) is 6.92 Å². The number of aliphatic carboxylic acids is 1. The lowest BCUT2D eigenvalue weighted by atomic mass is 10.3. The summed E-state index contributed by atoms with van der Waals surface area (Å²) in [6, 6.07) is -1.34. The molecule has 0 rings (SSSR count). The SMILES string of the molecule is CC(C(=O)O)N(C=O)C(=O)O. The van der Waals surface area contributed by atoms with Gasteiger partial charge in [0.2, 0.25) is 6.41 Å². The first kappa shape index (κ1) is 9.41. The van der Waals surface area contributed by atoms with E-state index in [0.29, 0.717) is 0 Å². The Morgan fingerprint density at radius 3 is 2.00 bits per heavy atom. The van der Waals surface area contributed by atoms with Crippen molar-refractivity contribution in [2.45, 2.75) is 13.0 Å². The van der Waals surface area contributed by atoms with Gasteiger partial charge < -0.3 is 10.2 Å². The second-order valence-corrected chi connectivity index (χ2v) is 1.81. The molecule has 1 atom stereocenters. The molecule has 0 heterocycles. The second kappa shape index (κ2) is 3.55. The topological polar surface area (TPSA) is 94.9 Å². The highest BCUT2D eigenvalue weighted by Gasteiger charge is 2.24. The lowest BCUT2D eigenvalue weighted by Gasteiger charge is -2.14. The number of imide groups is 1. The predicted octanol–water partition coefficient (Wildman–Crippen LogP) is -0.404. The monoisotopic (exact) mass is 161 g/mol. The summed E-state index contributed by atoms with van der Waals surface area (Å²) in [6.45, 7) is 1.10. The van der Waals surface area contributed by atoms with Crippen molar-refractivity contribution in [1.82, 2.24) is 4.90 Å². The fourth-order valence-corrected chi connectivity index (χ4v) is 0.421. The van der Waals surface area contributed by atoms with Gasteiger partial charge in [-0.05, 0) is 6.92 Å². The third-order valence-electron chi connectivity index (χ3n) is 1.11. The third kappa shape index (κ3) is 2.24. The zero-order valence-corrected chi connectivity index (χ0v) is 5.72. The van der Waals surface area contributed by atoms with Gasteiger partial charge in [0.05, 0.1) is 0 Å². The van der Waals surface area contributed by atoms with E-state index in [0.717, 1.165) is 6.92 Å². The van der Waals surface area contributed by atoms with Gasteiger partial charge in [-0.25, -0.2) is 14.5 Å². The van der Waals surface area contributed by atoms with Crippen molar-refractivity contribution in [3.63, 3.8) is 0 Å². The van der Waals surface area contributed by atoms with Crippen LogP contribution in [0.2, 0.25) is 0 Å². The molecular formula is C5H7NO5. The number of nitrogens with zero attached hydrogens (tertiary/aromatic N) is 1. The molecule has 1 unspecified atom stereocenters. The minimum absolute atomic E-state index is 0.0406. The summed E-state index contributed by atoms with van der Waals surface area (Å²) in [5, 5.41) is 16.5. The van der Waals surface area contributed by atoms with Crippen LogP contribution in [0.5, 0.6) is 0 Å². The maximum absolute atomic E-state index is 10.1. The molecule has 6 heteroatoms. The number of hydrogen-bond acceptors (Lipinski definition) is 3. The normalized spacial score (nSPS) is 11.7. The molecule has 0 aliphatic rings. The van der Waals surface area contributed by atoms with Crippen LogP contribution >= 0.6 is 0 Å². The number of rotatable bonds is 3. The Balaban J connectivity index is 4.37. The third-order valence-corrected chi connectivity index (χ3v) is 1.11. The number of carbonyl (C=O) groups is 3. The summed E-state index contributed by atoms with van der Waals surface area (Å²) in [5.74, 6) is -1.36. The molecule has 0 aliphatic heterocycles. The summed E-state index contributed by atoms with van der Waals surface area (Å²) < 4.78 is 0. The molecule has 0 radical (unpaired) electrons. The van der Waals surface area contributed by atoms with Gasteiger partial charge in [-0.1, -0.05) is 0 Å². The van der Waals surface area contributed by atoms with Gasteiger partial charge in [-0.3, -0.25) is 4.79 Å². The predicted molar refractivity (Wildman–Crippen MR) is 33.0 cm³/mol. The van der Waals surface area contributed by atoms with Crippen LogP contribution in [0.15, 0.2) is 0 Å². The van der Waals surface area contributed by atoms with Gasteiger partial charge >= 0.3 is 12.1 Å². The fraction of sp³-hybridized carbons (Fsp3) is 0.400. The Morgan fingerprint density at radius 1 is 1.45 bits per heavy atom. The lowest BCUT2D eigenvalue weighted by Crippen LogP contribution is -2.41. The Morgan fingerprint density at radius 2 is 1.91 bits per heavy atom. The van der Waals surface area contributed by atoms with E-state index in [1.807, 2.05) is 0 Å². The molecular weight excluding hydrogens is 154 g/mol. The van der Waals surface area contributed by atoms with E-state index in [1.54, 1.807) is 0 Å². The summed E-state index contributed by atoms with van der Waals surface area (Å²) in [7, 11) is 0. The van der Waals surface area contributed by atoms with E-state index in [4.69, 9.17) is 10.2 Å². The fourth-order valence-electron chi connectivity index (χ4n) is 0.421. The molecule has 2 N–H and O–H groups in total. The number of carboxylic acid groups (broad SMARTS) is 2. The molecule has 62 valence electrons. The second-order valence-electron chi connectivity index (χ2n) is 1.81. The van der Waals surface area contributed by atoms with Crippen LogP contribution in [0.4, 0.5) is 4.79 Å². The van der Waals surface area contributed by atoms with Crippen molar-refractivity contribution in [2.24, 2.45) is 0 Å². The standard InChI is InChI=1S/C5H7NO5/c1-3(4(8)9)6(2-7)5(10)11/h2-3H,1H3,(H,8,9)(H,10,11). The van der Waals surface area contributed by atoms with Crippen LogP contribution in [-0.2, 0) is 9.59 Å². The van der Waals surface area contributed by atoms with Gasteiger partial charge in [-0.2, -0.15) is 0 Å². The number of carboxylic acids is 1. The van der Waals surface area contributed by atoms with E-state index < -0.39 is 18.1 Å². The zero-order valence-electron chi connectivity index (χ0n) is 5.72.